The van der Waals surface area contributed by atoms with Gasteiger partial charge in [0.2, 0.25) is 0 Å². The summed E-state index contributed by atoms with van der Waals surface area (Å²) in [7, 11) is 2.11. The van der Waals surface area contributed by atoms with Crippen LogP contribution in [-0.4, -0.2) is 13.6 Å². The van der Waals surface area contributed by atoms with Gasteiger partial charge < -0.3 is 5.32 Å². The van der Waals surface area contributed by atoms with Crippen LogP contribution in [0.4, 0.5) is 0 Å². The van der Waals surface area contributed by atoms with Crippen molar-refractivity contribution in [2.45, 2.75) is 32.1 Å². The molecule has 2 heteroatoms. The molecule has 3 atom stereocenters. The van der Waals surface area contributed by atoms with Crippen molar-refractivity contribution in [1.82, 2.24) is 5.32 Å². The molecule has 3 rings (SSSR count). The Morgan fingerprint density at radius 2 is 2.28 bits per heavy atom. The molecule has 3 unspecified atom stereocenters. The molecule has 0 radical (unpaired) electrons. The maximum atomic E-state index is 3.59. The molecule has 0 amide bonds. The van der Waals surface area contributed by atoms with Crippen LogP contribution in [0.2, 0.25) is 0 Å². The first-order chi connectivity index (χ1) is 8.72. The zero-order valence-electron chi connectivity index (χ0n) is 11.1. The average molecular weight is 308 g/mol. The number of benzene rings is 1. The van der Waals surface area contributed by atoms with Crippen molar-refractivity contribution in [3.8, 4) is 0 Å². The lowest BCUT2D eigenvalue weighted by molar-refractivity contribution is 0.160. The van der Waals surface area contributed by atoms with Crippen LogP contribution in [-0.2, 0) is 6.42 Å². The van der Waals surface area contributed by atoms with E-state index in [0.717, 1.165) is 11.8 Å². The zero-order valence-corrected chi connectivity index (χ0v) is 12.7. The van der Waals surface area contributed by atoms with E-state index in [2.05, 4.69) is 52.6 Å². The molecule has 0 heterocycles. The van der Waals surface area contributed by atoms with E-state index >= 15 is 0 Å². The zero-order chi connectivity index (χ0) is 12.6. The molecule has 0 saturated heterocycles. The number of halogens is 1. The van der Waals surface area contributed by atoms with Gasteiger partial charge in [-0.1, -0.05) is 34.5 Å². The van der Waals surface area contributed by atoms with Crippen molar-refractivity contribution < 1.29 is 0 Å². The molecule has 0 aromatic heterocycles. The van der Waals surface area contributed by atoms with Gasteiger partial charge in [-0.2, -0.15) is 0 Å². The predicted molar refractivity (Wildman–Crippen MR) is 79.7 cm³/mol. The Morgan fingerprint density at radius 1 is 1.39 bits per heavy atom. The highest BCUT2D eigenvalue weighted by atomic mass is 79.9. The van der Waals surface area contributed by atoms with Gasteiger partial charge in [-0.25, -0.2) is 0 Å². The van der Waals surface area contributed by atoms with Gasteiger partial charge in [-0.05, 0) is 67.7 Å². The molecule has 2 aliphatic rings. The van der Waals surface area contributed by atoms with Crippen molar-refractivity contribution in [3.63, 3.8) is 0 Å². The van der Waals surface area contributed by atoms with Crippen LogP contribution in [0, 0.1) is 17.3 Å². The van der Waals surface area contributed by atoms with E-state index < -0.39 is 0 Å². The molecular weight excluding hydrogens is 286 g/mol. The molecule has 2 aliphatic carbocycles. The Labute approximate surface area is 118 Å². The minimum Gasteiger partial charge on any atom is -0.319 e. The monoisotopic (exact) mass is 307 g/mol. The van der Waals surface area contributed by atoms with Crippen molar-refractivity contribution in [2.75, 3.05) is 13.6 Å². The topological polar surface area (TPSA) is 12.0 Å². The normalized spacial score (nSPS) is 34.1. The number of hydrogen-bond acceptors (Lipinski definition) is 1. The van der Waals surface area contributed by atoms with Gasteiger partial charge in [0.05, 0.1) is 0 Å². The molecule has 2 bridgehead atoms. The van der Waals surface area contributed by atoms with Gasteiger partial charge >= 0.3 is 0 Å². The standard InChI is InChI=1S/C16H22BrN/c1-18-11-16(10-13-5-6-14(16)7-13)9-12-3-2-4-15(17)8-12/h2-4,8,13-14,18H,5-7,9-11H2,1H3. The molecule has 1 nitrogen and oxygen atoms in total. The third-order valence-electron chi connectivity index (χ3n) is 5.08. The molecule has 1 aromatic rings. The highest BCUT2D eigenvalue weighted by Crippen LogP contribution is 2.57. The predicted octanol–water partition coefficient (Wildman–Crippen LogP) is 4.02. The van der Waals surface area contributed by atoms with E-state index in [1.807, 2.05) is 0 Å². The molecule has 0 aliphatic heterocycles. The fourth-order valence-electron chi connectivity index (χ4n) is 4.46. The van der Waals surface area contributed by atoms with Crippen molar-refractivity contribution in [3.05, 3.63) is 34.3 Å². The van der Waals surface area contributed by atoms with Crippen LogP contribution in [0.3, 0.4) is 0 Å². The van der Waals surface area contributed by atoms with Crippen molar-refractivity contribution in [1.29, 1.82) is 0 Å². The third kappa shape index (κ3) is 2.25. The third-order valence-corrected chi connectivity index (χ3v) is 5.57. The number of hydrogen-bond donors (Lipinski definition) is 1. The molecule has 0 spiro atoms. The summed E-state index contributed by atoms with van der Waals surface area (Å²) in [6.07, 6.45) is 7.10. The first kappa shape index (κ1) is 12.7. The Kier molecular flexibility index (Phi) is 3.50. The second kappa shape index (κ2) is 4.97. The van der Waals surface area contributed by atoms with Crippen LogP contribution in [0.15, 0.2) is 28.7 Å². The van der Waals surface area contributed by atoms with Crippen LogP contribution < -0.4 is 5.32 Å². The van der Waals surface area contributed by atoms with E-state index in [9.17, 15) is 0 Å². The molecule has 2 saturated carbocycles. The summed E-state index contributed by atoms with van der Waals surface area (Å²) in [6, 6.07) is 8.87. The van der Waals surface area contributed by atoms with Gasteiger partial charge in [0.25, 0.3) is 0 Å². The van der Waals surface area contributed by atoms with E-state index in [-0.39, 0.29) is 0 Å². The van der Waals surface area contributed by atoms with Gasteiger partial charge in [0.15, 0.2) is 0 Å². The fourth-order valence-corrected chi connectivity index (χ4v) is 4.91. The molecule has 2 fully saturated rings. The van der Waals surface area contributed by atoms with Gasteiger partial charge in [0.1, 0.15) is 0 Å². The lowest BCUT2D eigenvalue weighted by atomic mass is 9.69. The smallest absolute Gasteiger partial charge is 0.0177 e. The largest absolute Gasteiger partial charge is 0.319 e. The lowest BCUT2D eigenvalue weighted by Crippen LogP contribution is -2.39. The Balaban J connectivity index is 1.83. The van der Waals surface area contributed by atoms with E-state index in [4.69, 9.17) is 0 Å². The second-order valence-corrected chi connectivity index (χ2v) is 7.20. The summed E-state index contributed by atoms with van der Waals surface area (Å²) in [6.45, 7) is 1.18. The molecule has 1 N–H and O–H groups in total. The summed E-state index contributed by atoms with van der Waals surface area (Å²) in [5.41, 5.74) is 2.02. The molecule has 18 heavy (non-hydrogen) atoms. The SMILES string of the molecule is CNCC1(Cc2cccc(Br)c2)CC2CCC1C2. The minimum atomic E-state index is 0.526. The van der Waals surface area contributed by atoms with E-state index in [1.54, 1.807) is 0 Å². The first-order valence-corrected chi connectivity index (χ1v) is 7.90. The quantitative estimate of drug-likeness (QED) is 0.886. The summed E-state index contributed by atoms with van der Waals surface area (Å²) in [5, 5.41) is 3.46. The molecular formula is C16H22BrN. The molecule has 1 aromatic carbocycles. The van der Waals surface area contributed by atoms with Crippen molar-refractivity contribution >= 4 is 15.9 Å². The number of rotatable bonds is 4. The van der Waals surface area contributed by atoms with Crippen LogP contribution in [0.25, 0.3) is 0 Å². The fraction of sp³-hybridized carbons (Fsp3) is 0.625. The second-order valence-electron chi connectivity index (χ2n) is 6.28. The van der Waals surface area contributed by atoms with Gasteiger partial charge in [-0.15, -0.1) is 0 Å². The van der Waals surface area contributed by atoms with E-state index in [1.165, 1.54) is 48.7 Å². The van der Waals surface area contributed by atoms with E-state index in [0.29, 0.717) is 5.41 Å². The number of fused-ring (bicyclic) bond motifs is 2. The summed E-state index contributed by atoms with van der Waals surface area (Å²) >= 11 is 3.59. The lowest BCUT2D eigenvalue weighted by Gasteiger charge is -2.38. The minimum absolute atomic E-state index is 0.526. The highest BCUT2D eigenvalue weighted by Gasteiger charge is 2.50. The highest BCUT2D eigenvalue weighted by molar-refractivity contribution is 9.10. The maximum absolute atomic E-state index is 3.59. The first-order valence-electron chi connectivity index (χ1n) is 7.11. The van der Waals surface area contributed by atoms with Crippen LogP contribution >= 0.6 is 15.9 Å². The summed E-state index contributed by atoms with van der Waals surface area (Å²) < 4.78 is 1.21. The van der Waals surface area contributed by atoms with Crippen LogP contribution in [0.1, 0.15) is 31.2 Å². The summed E-state index contributed by atoms with van der Waals surface area (Å²) in [4.78, 5) is 0. The Hall–Kier alpha value is -0.340. The number of nitrogens with one attached hydrogen (secondary N) is 1. The van der Waals surface area contributed by atoms with Gasteiger partial charge in [-0.3, -0.25) is 0 Å². The maximum Gasteiger partial charge on any atom is 0.0177 e. The Bertz CT molecular complexity index is 431. The van der Waals surface area contributed by atoms with Crippen LogP contribution in [0.5, 0.6) is 0 Å². The average Bonchev–Trinajstić information content (AvgIpc) is 2.89. The molecule has 98 valence electrons. The van der Waals surface area contributed by atoms with Gasteiger partial charge in [0, 0.05) is 11.0 Å². The Morgan fingerprint density at radius 3 is 2.89 bits per heavy atom. The summed E-state index contributed by atoms with van der Waals surface area (Å²) in [5.74, 6) is 1.96. The van der Waals surface area contributed by atoms with Crippen molar-refractivity contribution in [2.24, 2.45) is 17.3 Å².